The SMILES string of the molecule is CCC(C)(O)CNC(=NC)N(C)Cc1cc(Br)cn1C. The van der Waals surface area contributed by atoms with Crippen molar-refractivity contribution in [2.75, 3.05) is 20.6 Å². The van der Waals surface area contributed by atoms with Crippen molar-refractivity contribution in [1.29, 1.82) is 0 Å². The number of aliphatic imine (C=N–C) groups is 1. The summed E-state index contributed by atoms with van der Waals surface area (Å²) in [5.74, 6) is 0.774. The maximum atomic E-state index is 10.0. The zero-order valence-corrected chi connectivity index (χ0v) is 14.5. The van der Waals surface area contributed by atoms with E-state index >= 15 is 0 Å². The molecule has 20 heavy (non-hydrogen) atoms. The van der Waals surface area contributed by atoms with Gasteiger partial charge in [0.1, 0.15) is 0 Å². The second-order valence-electron chi connectivity index (χ2n) is 5.37. The first kappa shape index (κ1) is 17.0. The number of nitrogens with one attached hydrogen (secondary N) is 1. The van der Waals surface area contributed by atoms with E-state index in [1.165, 1.54) is 5.69 Å². The van der Waals surface area contributed by atoms with Crippen molar-refractivity contribution in [2.24, 2.45) is 12.0 Å². The number of hydrogen-bond donors (Lipinski definition) is 2. The predicted molar refractivity (Wildman–Crippen MR) is 86.9 cm³/mol. The second-order valence-corrected chi connectivity index (χ2v) is 6.28. The van der Waals surface area contributed by atoms with Crippen LogP contribution in [0.1, 0.15) is 26.0 Å². The minimum atomic E-state index is -0.717. The number of aromatic nitrogens is 1. The third-order valence-electron chi connectivity index (χ3n) is 3.44. The smallest absolute Gasteiger partial charge is 0.193 e. The van der Waals surface area contributed by atoms with Crippen molar-refractivity contribution in [2.45, 2.75) is 32.4 Å². The Morgan fingerprint density at radius 1 is 1.60 bits per heavy atom. The van der Waals surface area contributed by atoms with E-state index in [9.17, 15) is 5.11 Å². The van der Waals surface area contributed by atoms with E-state index < -0.39 is 5.60 Å². The molecule has 0 aliphatic carbocycles. The molecule has 0 radical (unpaired) electrons. The van der Waals surface area contributed by atoms with Crippen LogP contribution in [0.3, 0.4) is 0 Å². The number of aryl methyl sites for hydroxylation is 1. The monoisotopic (exact) mass is 344 g/mol. The Morgan fingerprint density at radius 3 is 2.70 bits per heavy atom. The van der Waals surface area contributed by atoms with Gasteiger partial charge >= 0.3 is 0 Å². The van der Waals surface area contributed by atoms with Crippen molar-refractivity contribution in [1.82, 2.24) is 14.8 Å². The van der Waals surface area contributed by atoms with E-state index in [4.69, 9.17) is 0 Å². The van der Waals surface area contributed by atoms with E-state index in [1.807, 2.05) is 39.0 Å². The summed E-state index contributed by atoms with van der Waals surface area (Å²) < 4.78 is 3.15. The molecule has 0 bridgehead atoms. The molecular formula is C14H25BrN4O. The molecule has 0 aromatic carbocycles. The van der Waals surface area contributed by atoms with Gasteiger partial charge in [0, 0.05) is 44.1 Å². The molecule has 1 aromatic heterocycles. The summed E-state index contributed by atoms with van der Waals surface area (Å²) >= 11 is 3.47. The summed E-state index contributed by atoms with van der Waals surface area (Å²) in [6.07, 6.45) is 2.73. The summed E-state index contributed by atoms with van der Waals surface area (Å²) in [4.78, 5) is 6.29. The fraction of sp³-hybridized carbons (Fsp3) is 0.643. The first-order valence-corrected chi connectivity index (χ1v) is 7.53. The van der Waals surface area contributed by atoms with E-state index in [2.05, 4.69) is 36.9 Å². The van der Waals surface area contributed by atoms with Gasteiger partial charge in [-0.2, -0.15) is 0 Å². The molecule has 1 unspecified atom stereocenters. The fourth-order valence-electron chi connectivity index (χ4n) is 1.82. The van der Waals surface area contributed by atoms with E-state index in [1.54, 1.807) is 7.05 Å². The number of hydrogen-bond acceptors (Lipinski definition) is 2. The van der Waals surface area contributed by atoms with Crippen LogP contribution in [0.25, 0.3) is 0 Å². The van der Waals surface area contributed by atoms with Gasteiger partial charge in [0.15, 0.2) is 5.96 Å². The number of rotatable bonds is 5. The van der Waals surface area contributed by atoms with Gasteiger partial charge in [-0.05, 0) is 35.3 Å². The molecular weight excluding hydrogens is 320 g/mol. The van der Waals surface area contributed by atoms with Crippen LogP contribution < -0.4 is 5.32 Å². The Labute approximate surface area is 129 Å². The van der Waals surface area contributed by atoms with Crippen molar-refractivity contribution < 1.29 is 5.11 Å². The summed E-state index contributed by atoms with van der Waals surface area (Å²) in [5, 5.41) is 13.3. The third kappa shape index (κ3) is 4.83. The fourth-order valence-corrected chi connectivity index (χ4v) is 2.39. The highest BCUT2D eigenvalue weighted by Crippen LogP contribution is 2.15. The standard InChI is InChI=1S/C14H25BrN4O/c1-6-14(2,20)10-17-13(16-3)19(5)9-12-7-11(15)8-18(12)4/h7-8,20H,6,9-10H2,1-5H3,(H,16,17). The molecule has 114 valence electrons. The van der Waals surface area contributed by atoms with Gasteiger partial charge in [0.05, 0.1) is 12.1 Å². The van der Waals surface area contributed by atoms with Gasteiger partial charge < -0.3 is 19.9 Å². The van der Waals surface area contributed by atoms with Crippen LogP contribution in [0.5, 0.6) is 0 Å². The molecule has 0 spiro atoms. The Kier molecular flexibility index (Phi) is 6.07. The number of guanidine groups is 1. The number of halogens is 1. The lowest BCUT2D eigenvalue weighted by molar-refractivity contribution is 0.0598. The van der Waals surface area contributed by atoms with Gasteiger partial charge in [-0.3, -0.25) is 4.99 Å². The molecule has 1 heterocycles. The molecule has 0 amide bonds. The Hall–Kier alpha value is -1.01. The summed E-state index contributed by atoms with van der Waals surface area (Å²) in [6, 6.07) is 2.09. The molecule has 0 saturated carbocycles. The van der Waals surface area contributed by atoms with Crippen molar-refractivity contribution in [3.8, 4) is 0 Å². The van der Waals surface area contributed by atoms with Gasteiger partial charge in [0.2, 0.25) is 0 Å². The van der Waals surface area contributed by atoms with Crippen LogP contribution in [0.4, 0.5) is 0 Å². The molecule has 0 saturated heterocycles. The maximum absolute atomic E-state index is 10.0. The van der Waals surface area contributed by atoms with Crippen LogP contribution in [-0.2, 0) is 13.6 Å². The molecule has 0 aliphatic heterocycles. The van der Waals surface area contributed by atoms with Crippen LogP contribution in [0.15, 0.2) is 21.7 Å². The Morgan fingerprint density at radius 2 is 2.25 bits per heavy atom. The average molecular weight is 345 g/mol. The highest BCUT2D eigenvalue weighted by atomic mass is 79.9. The van der Waals surface area contributed by atoms with E-state index in [-0.39, 0.29) is 0 Å². The summed E-state index contributed by atoms with van der Waals surface area (Å²) in [5.41, 5.74) is 0.467. The molecule has 5 nitrogen and oxygen atoms in total. The quantitative estimate of drug-likeness (QED) is 0.634. The summed E-state index contributed by atoms with van der Waals surface area (Å²) in [6.45, 7) is 5.02. The van der Waals surface area contributed by atoms with Crippen molar-refractivity contribution >= 4 is 21.9 Å². The van der Waals surface area contributed by atoms with Gasteiger partial charge in [-0.15, -0.1) is 0 Å². The highest BCUT2D eigenvalue weighted by Gasteiger charge is 2.19. The highest BCUT2D eigenvalue weighted by molar-refractivity contribution is 9.10. The summed E-state index contributed by atoms with van der Waals surface area (Å²) in [7, 11) is 5.75. The van der Waals surface area contributed by atoms with E-state index in [0.717, 1.165) is 17.0 Å². The third-order valence-corrected chi connectivity index (χ3v) is 3.87. The predicted octanol–water partition coefficient (Wildman–Crippen LogP) is 1.96. The average Bonchev–Trinajstić information content (AvgIpc) is 2.68. The maximum Gasteiger partial charge on any atom is 0.193 e. The van der Waals surface area contributed by atoms with Crippen LogP contribution in [0.2, 0.25) is 0 Å². The minimum Gasteiger partial charge on any atom is -0.388 e. The lowest BCUT2D eigenvalue weighted by Gasteiger charge is -2.27. The molecule has 1 rings (SSSR count). The normalized spacial score (nSPS) is 15.1. The van der Waals surface area contributed by atoms with Crippen molar-refractivity contribution in [3.05, 3.63) is 22.4 Å². The molecule has 1 atom stereocenters. The Bertz CT molecular complexity index is 468. The molecule has 0 fully saturated rings. The zero-order chi connectivity index (χ0) is 15.3. The molecule has 0 aliphatic rings. The zero-order valence-electron chi connectivity index (χ0n) is 12.9. The van der Waals surface area contributed by atoms with Crippen LogP contribution in [0, 0.1) is 0 Å². The van der Waals surface area contributed by atoms with Crippen LogP contribution in [-0.4, -0.2) is 46.8 Å². The lowest BCUT2D eigenvalue weighted by Crippen LogP contribution is -2.46. The first-order valence-electron chi connectivity index (χ1n) is 6.74. The number of nitrogens with zero attached hydrogens (tertiary/aromatic N) is 3. The number of aliphatic hydroxyl groups is 1. The van der Waals surface area contributed by atoms with Gasteiger partial charge in [-0.1, -0.05) is 6.92 Å². The molecule has 2 N–H and O–H groups in total. The Balaban J connectivity index is 2.64. The van der Waals surface area contributed by atoms with Crippen molar-refractivity contribution in [3.63, 3.8) is 0 Å². The van der Waals surface area contributed by atoms with E-state index in [0.29, 0.717) is 13.0 Å². The second kappa shape index (κ2) is 7.13. The molecule has 1 aromatic rings. The first-order chi connectivity index (χ1) is 9.29. The topological polar surface area (TPSA) is 52.8 Å². The van der Waals surface area contributed by atoms with Gasteiger partial charge in [-0.25, -0.2) is 0 Å². The molecule has 6 heteroatoms. The largest absolute Gasteiger partial charge is 0.388 e. The van der Waals surface area contributed by atoms with Gasteiger partial charge in [0.25, 0.3) is 0 Å². The van der Waals surface area contributed by atoms with Crippen LogP contribution >= 0.6 is 15.9 Å². The minimum absolute atomic E-state index is 0.483. The lowest BCUT2D eigenvalue weighted by atomic mass is 10.0.